The van der Waals surface area contributed by atoms with Gasteiger partial charge in [-0.05, 0) is 25.8 Å². The standard InChI is InChI=1S/C15H22N4S/c1-11-10-12-13(17-15(16-2)18-14(12)20-11)19-8-6-4-3-5-7-9-19/h10H,3-9H2,1-2H3,(H,16,17,18). The van der Waals surface area contributed by atoms with Gasteiger partial charge in [-0.2, -0.15) is 4.98 Å². The Hall–Kier alpha value is -1.36. The molecule has 1 aliphatic rings. The van der Waals surface area contributed by atoms with Crippen LogP contribution in [0.15, 0.2) is 6.07 Å². The molecule has 5 heteroatoms. The van der Waals surface area contributed by atoms with Gasteiger partial charge in [-0.1, -0.05) is 19.3 Å². The third kappa shape index (κ3) is 2.73. The van der Waals surface area contributed by atoms with E-state index >= 15 is 0 Å². The third-order valence-corrected chi connectivity index (χ3v) is 4.82. The summed E-state index contributed by atoms with van der Waals surface area (Å²) in [7, 11) is 1.89. The van der Waals surface area contributed by atoms with E-state index in [0.29, 0.717) is 0 Å². The molecule has 1 fully saturated rings. The molecule has 0 unspecified atom stereocenters. The molecule has 0 aliphatic carbocycles. The van der Waals surface area contributed by atoms with Crippen LogP contribution < -0.4 is 10.2 Å². The van der Waals surface area contributed by atoms with E-state index in [1.54, 1.807) is 11.3 Å². The fourth-order valence-electron chi connectivity index (χ4n) is 2.84. The maximum atomic E-state index is 4.74. The minimum atomic E-state index is 0.733. The summed E-state index contributed by atoms with van der Waals surface area (Å²) in [4.78, 5) is 14.2. The summed E-state index contributed by atoms with van der Waals surface area (Å²) >= 11 is 1.75. The number of hydrogen-bond donors (Lipinski definition) is 1. The van der Waals surface area contributed by atoms with Gasteiger partial charge in [0.05, 0.1) is 5.39 Å². The predicted octanol–water partition coefficient (Wildman–Crippen LogP) is 3.81. The van der Waals surface area contributed by atoms with E-state index in [-0.39, 0.29) is 0 Å². The summed E-state index contributed by atoms with van der Waals surface area (Å²) in [6.07, 6.45) is 6.60. The fourth-order valence-corrected chi connectivity index (χ4v) is 3.71. The molecule has 0 aromatic carbocycles. The van der Waals surface area contributed by atoms with Gasteiger partial charge >= 0.3 is 0 Å². The highest BCUT2D eigenvalue weighted by atomic mass is 32.1. The molecular formula is C15H22N4S. The van der Waals surface area contributed by atoms with Crippen LogP contribution in [-0.2, 0) is 0 Å². The van der Waals surface area contributed by atoms with Crippen LogP contribution >= 0.6 is 11.3 Å². The van der Waals surface area contributed by atoms with Crippen LogP contribution in [0.4, 0.5) is 11.8 Å². The number of rotatable bonds is 2. The molecule has 3 heterocycles. The van der Waals surface area contributed by atoms with E-state index in [0.717, 1.165) is 29.7 Å². The van der Waals surface area contributed by atoms with Crippen molar-refractivity contribution in [2.45, 2.75) is 39.0 Å². The molecule has 0 bridgehead atoms. The van der Waals surface area contributed by atoms with E-state index in [4.69, 9.17) is 4.98 Å². The Kier molecular flexibility index (Phi) is 4.05. The lowest BCUT2D eigenvalue weighted by molar-refractivity contribution is 0.554. The summed E-state index contributed by atoms with van der Waals surface area (Å²) in [6, 6.07) is 2.23. The molecule has 20 heavy (non-hydrogen) atoms. The van der Waals surface area contributed by atoms with Gasteiger partial charge in [0.2, 0.25) is 5.95 Å². The van der Waals surface area contributed by atoms with Gasteiger partial charge < -0.3 is 10.2 Å². The van der Waals surface area contributed by atoms with Crippen LogP contribution in [0.5, 0.6) is 0 Å². The minimum Gasteiger partial charge on any atom is -0.357 e. The minimum absolute atomic E-state index is 0.733. The van der Waals surface area contributed by atoms with Gasteiger partial charge in [0.15, 0.2) is 0 Å². The van der Waals surface area contributed by atoms with Crippen LogP contribution in [0.25, 0.3) is 10.2 Å². The molecule has 4 nitrogen and oxygen atoms in total. The Morgan fingerprint density at radius 2 is 1.80 bits per heavy atom. The predicted molar refractivity (Wildman–Crippen MR) is 87.0 cm³/mol. The first kappa shape index (κ1) is 13.6. The molecule has 2 aromatic heterocycles. The van der Waals surface area contributed by atoms with E-state index < -0.39 is 0 Å². The highest BCUT2D eigenvalue weighted by Crippen LogP contribution is 2.32. The molecule has 0 amide bonds. The third-order valence-electron chi connectivity index (χ3n) is 3.88. The molecule has 0 saturated carbocycles. The molecule has 0 radical (unpaired) electrons. The smallest absolute Gasteiger partial charge is 0.225 e. The molecular weight excluding hydrogens is 268 g/mol. The van der Waals surface area contributed by atoms with Crippen LogP contribution in [0.3, 0.4) is 0 Å². The van der Waals surface area contributed by atoms with E-state index in [9.17, 15) is 0 Å². The van der Waals surface area contributed by atoms with Gasteiger partial charge in [0, 0.05) is 25.0 Å². The lowest BCUT2D eigenvalue weighted by Crippen LogP contribution is -2.28. The average molecular weight is 290 g/mol. The maximum absolute atomic E-state index is 4.74. The summed E-state index contributed by atoms with van der Waals surface area (Å²) in [6.45, 7) is 4.37. The number of aromatic nitrogens is 2. The number of nitrogens with zero attached hydrogens (tertiary/aromatic N) is 3. The van der Waals surface area contributed by atoms with Crippen LogP contribution in [0.2, 0.25) is 0 Å². The molecule has 1 aliphatic heterocycles. The second kappa shape index (κ2) is 5.95. The van der Waals surface area contributed by atoms with Crippen molar-refractivity contribution in [1.82, 2.24) is 9.97 Å². The summed E-state index contributed by atoms with van der Waals surface area (Å²) in [5.74, 6) is 1.85. The molecule has 0 spiro atoms. The lowest BCUT2D eigenvalue weighted by Gasteiger charge is -2.26. The molecule has 108 valence electrons. The monoisotopic (exact) mass is 290 g/mol. The zero-order valence-electron chi connectivity index (χ0n) is 12.3. The Balaban J connectivity index is 2.02. The van der Waals surface area contributed by atoms with E-state index in [1.165, 1.54) is 42.4 Å². The van der Waals surface area contributed by atoms with Gasteiger partial charge in [-0.3, -0.25) is 0 Å². The average Bonchev–Trinajstić information content (AvgIpc) is 2.77. The Morgan fingerprint density at radius 1 is 1.10 bits per heavy atom. The maximum Gasteiger partial charge on any atom is 0.225 e. The highest BCUT2D eigenvalue weighted by molar-refractivity contribution is 7.18. The van der Waals surface area contributed by atoms with Gasteiger partial charge in [-0.25, -0.2) is 4.98 Å². The SMILES string of the molecule is CNc1nc(N2CCCCCCC2)c2cc(C)sc2n1. The molecule has 0 atom stereocenters. The summed E-state index contributed by atoms with van der Waals surface area (Å²) < 4.78 is 0. The van der Waals surface area contributed by atoms with Crippen LogP contribution in [-0.4, -0.2) is 30.1 Å². The summed E-state index contributed by atoms with van der Waals surface area (Å²) in [5.41, 5.74) is 0. The van der Waals surface area contributed by atoms with Crippen molar-refractivity contribution in [3.8, 4) is 0 Å². The zero-order valence-corrected chi connectivity index (χ0v) is 13.1. The van der Waals surface area contributed by atoms with Crippen molar-refractivity contribution >= 4 is 33.3 Å². The number of nitrogens with one attached hydrogen (secondary N) is 1. The Labute approximate surface area is 124 Å². The van der Waals surface area contributed by atoms with Gasteiger partial charge in [0.1, 0.15) is 10.6 Å². The first-order valence-electron chi connectivity index (χ1n) is 7.49. The number of hydrogen-bond acceptors (Lipinski definition) is 5. The van der Waals surface area contributed by atoms with E-state index in [2.05, 4.69) is 28.2 Å². The normalized spacial score (nSPS) is 17.0. The van der Waals surface area contributed by atoms with Crippen molar-refractivity contribution in [3.63, 3.8) is 0 Å². The molecule has 1 saturated heterocycles. The van der Waals surface area contributed by atoms with Gasteiger partial charge in [-0.15, -0.1) is 11.3 Å². The molecule has 3 rings (SSSR count). The van der Waals surface area contributed by atoms with Crippen molar-refractivity contribution in [2.24, 2.45) is 0 Å². The number of aryl methyl sites for hydroxylation is 1. The van der Waals surface area contributed by atoms with Crippen molar-refractivity contribution < 1.29 is 0 Å². The highest BCUT2D eigenvalue weighted by Gasteiger charge is 2.17. The van der Waals surface area contributed by atoms with Gasteiger partial charge in [0.25, 0.3) is 0 Å². The largest absolute Gasteiger partial charge is 0.357 e. The van der Waals surface area contributed by atoms with Crippen LogP contribution in [0.1, 0.15) is 37.0 Å². The first-order chi connectivity index (χ1) is 9.78. The van der Waals surface area contributed by atoms with Crippen LogP contribution in [0, 0.1) is 6.92 Å². The summed E-state index contributed by atoms with van der Waals surface area (Å²) in [5, 5.41) is 4.31. The second-order valence-corrected chi connectivity index (χ2v) is 6.69. The van der Waals surface area contributed by atoms with Crippen molar-refractivity contribution in [3.05, 3.63) is 10.9 Å². The number of thiophene rings is 1. The lowest BCUT2D eigenvalue weighted by atomic mass is 10.1. The zero-order chi connectivity index (χ0) is 13.9. The Bertz CT molecular complexity index is 585. The van der Waals surface area contributed by atoms with Crippen molar-refractivity contribution in [2.75, 3.05) is 30.4 Å². The Morgan fingerprint density at radius 3 is 2.50 bits per heavy atom. The topological polar surface area (TPSA) is 41.1 Å². The quantitative estimate of drug-likeness (QED) is 0.913. The fraction of sp³-hybridized carbons (Fsp3) is 0.600. The first-order valence-corrected chi connectivity index (χ1v) is 8.30. The van der Waals surface area contributed by atoms with E-state index in [1.807, 2.05) is 7.05 Å². The number of fused-ring (bicyclic) bond motifs is 1. The number of anilines is 2. The molecule has 2 aromatic rings. The second-order valence-electron chi connectivity index (χ2n) is 5.45. The molecule has 1 N–H and O–H groups in total. The van der Waals surface area contributed by atoms with Crippen molar-refractivity contribution in [1.29, 1.82) is 0 Å².